The molecule has 8 aliphatic rings. The van der Waals surface area contributed by atoms with Crippen molar-refractivity contribution < 1.29 is 40.2 Å². The lowest BCUT2D eigenvalue weighted by atomic mass is 9.62. The van der Waals surface area contributed by atoms with E-state index in [2.05, 4.69) is 120 Å². The van der Waals surface area contributed by atoms with Crippen LogP contribution in [0.15, 0.2) is 164 Å². The average Bonchev–Trinajstić information content (AvgIpc) is 0.731. The first-order valence-electron chi connectivity index (χ1n) is 37.9. The van der Waals surface area contributed by atoms with Crippen LogP contribution in [0.2, 0.25) is 0 Å². The van der Waals surface area contributed by atoms with Gasteiger partial charge in [-0.2, -0.15) is 0 Å². The fraction of sp³-hybridized carbons (Fsp3) is 0.576. The molecule has 2 saturated heterocycles. The molecule has 14 rings (SSSR count). The van der Waals surface area contributed by atoms with E-state index in [1.54, 1.807) is 49.5 Å². The lowest BCUT2D eigenvalue weighted by molar-refractivity contribution is -0.217. The van der Waals surface area contributed by atoms with Crippen LogP contribution in [0, 0.1) is 29.3 Å². The predicted octanol–water partition coefficient (Wildman–Crippen LogP) is 19.7. The number of likely N-dealkylation sites (N-methyl/N-ethyl adjacent to an activating group) is 2. The molecule has 0 aromatic heterocycles. The zero-order valence-electron chi connectivity index (χ0n) is 61.2. The van der Waals surface area contributed by atoms with Gasteiger partial charge in [0.15, 0.2) is 0 Å². The highest BCUT2D eigenvalue weighted by atomic mass is 19.3. The molecule has 8 nitrogen and oxygen atoms in total. The molecule has 4 unspecified atom stereocenters. The fourth-order valence-electron chi connectivity index (χ4n) is 19.2. The summed E-state index contributed by atoms with van der Waals surface area (Å²) in [6, 6.07) is 51.0. The van der Waals surface area contributed by atoms with Crippen molar-refractivity contribution >= 4 is 0 Å². The van der Waals surface area contributed by atoms with Crippen LogP contribution in [0.25, 0.3) is 0 Å². The molecule has 0 amide bonds. The maximum Gasteiger partial charge on any atom is 0.270 e. The number of alkyl halides is 4. The first kappa shape index (κ1) is 78.6. The van der Waals surface area contributed by atoms with E-state index in [0.29, 0.717) is 37.2 Å². The largest absolute Gasteiger partial charge is 0.373 e. The molecular weight excluding hydrogens is 1270 g/mol. The van der Waals surface area contributed by atoms with Crippen LogP contribution in [-0.2, 0) is 42.7 Å². The summed E-state index contributed by atoms with van der Waals surface area (Å²) in [5.74, 6) is -5.12. The maximum absolute atomic E-state index is 14.2. The molecule has 0 bridgehead atoms. The fourth-order valence-corrected chi connectivity index (χ4v) is 19.2. The normalized spacial score (nSPS) is 31.7. The molecule has 6 saturated carbocycles. The Balaban J connectivity index is 0.000000140. The summed E-state index contributed by atoms with van der Waals surface area (Å²) in [5, 5.41) is 19.7. The van der Waals surface area contributed by atoms with Gasteiger partial charge in [0.2, 0.25) is 0 Å². The van der Waals surface area contributed by atoms with E-state index in [-0.39, 0.29) is 69.8 Å². The van der Waals surface area contributed by atoms with Crippen LogP contribution in [0.3, 0.4) is 0 Å². The second kappa shape index (κ2) is 34.9. The van der Waals surface area contributed by atoms with Crippen molar-refractivity contribution in [1.29, 1.82) is 0 Å². The zero-order chi connectivity index (χ0) is 71.6. The van der Waals surface area contributed by atoms with Gasteiger partial charge in [-0.3, -0.25) is 0 Å². The Morgan fingerprint density at radius 1 is 0.330 bits per heavy atom. The van der Waals surface area contributed by atoms with Crippen LogP contribution in [-0.4, -0.2) is 78.0 Å². The quantitative estimate of drug-likeness (QED) is 0.0638. The Morgan fingerprint density at radius 3 is 1.03 bits per heavy atom. The number of nitrogens with one attached hydrogen (secondary N) is 6. The number of hydrogen-bond donors (Lipinski definition) is 6. The maximum atomic E-state index is 14.2. The first-order valence-corrected chi connectivity index (χ1v) is 37.9. The lowest BCUT2D eigenvalue weighted by Crippen LogP contribution is -2.67. The molecule has 0 radical (unpaired) electrons. The van der Waals surface area contributed by atoms with Crippen molar-refractivity contribution in [3.05, 3.63) is 215 Å². The van der Waals surface area contributed by atoms with Crippen LogP contribution in [0.5, 0.6) is 0 Å². The number of ether oxygens (including phenoxy) is 2. The molecule has 2 heterocycles. The van der Waals surface area contributed by atoms with Crippen LogP contribution in [0.4, 0.5) is 30.7 Å². The Kier molecular flexibility index (Phi) is 27.4. The SMILES string of the molecule is CCN[C@@]1(c2ccccc2)CCCCC1C.CN[C@@]1(c2ccccc2)CCCCC1(F)F.CN[C@@]1(c2ccccc2)CCCCC12CCO2.CN[C@@]1(c2ccccc2F)CCCCC1(F)F.CN[C@@]1(c2ccccc2F)CCCCC12CCO2.CN[C@@]1(c2ccccc2F)CCCCC1C. The van der Waals surface area contributed by atoms with Crippen molar-refractivity contribution in [2.45, 2.75) is 244 Å². The first-order chi connectivity index (χ1) is 48.2. The van der Waals surface area contributed by atoms with Crippen molar-refractivity contribution in [3.63, 3.8) is 0 Å². The van der Waals surface area contributed by atoms with Crippen LogP contribution < -0.4 is 31.9 Å². The molecule has 6 aromatic rings. The van der Waals surface area contributed by atoms with E-state index in [9.17, 15) is 30.7 Å². The summed E-state index contributed by atoms with van der Waals surface area (Å²) in [6.45, 7) is 9.62. The summed E-state index contributed by atoms with van der Waals surface area (Å²) in [5.41, 5.74) is 2.13. The van der Waals surface area contributed by atoms with Gasteiger partial charge in [0, 0.05) is 53.5 Å². The van der Waals surface area contributed by atoms with Crippen molar-refractivity contribution in [2.24, 2.45) is 11.8 Å². The van der Waals surface area contributed by atoms with Gasteiger partial charge >= 0.3 is 0 Å². The second-order valence-electron chi connectivity index (χ2n) is 29.6. The minimum absolute atomic E-state index is 0.0251. The standard InChI is InChI=1S/C15H20FNO.C15H21NO.C15H23N.C14H20FN.C13H16F3N.C13H17F2N/c1-17-15(12-6-2-3-7-13(12)16)9-5-4-8-14(15)10-11-18-14;1-16-15(13-7-3-2-4-8-13)10-6-5-9-14(15)11-12-17-14;1-3-16-15(12-8-7-9-13(15)2)14-10-5-4-6-11-14;1-11-7-5-6-10-14(11,16-2)12-8-3-4-9-13(12)15;1-17-12(8-4-5-9-13(12,15)16)10-6-2-3-7-11(10)14;1-16-12(11-7-3-2-4-8-11)9-5-6-10-13(12,14)15/h2-3,6-7,17H,4-5,8-11H2,1H3;2-4,7-8,16H,5-6,9-12H2,1H3;4-6,10-11,13,16H,3,7-9,12H2,1-2H3;3-4,8-9,11,16H,5-7,10H2,1-2H3;2-3,6-7,17H,4-5,8-9H2,1H3;2-4,7-8,16H,5-6,9-10H2,1H3/t2*14?,15-;13?,15-;11?,14-;2*12-/m110011/s1. The Labute approximate surface area is 594 Å². The monoisotopic (exact) mass is 1390 g/mol. The molecule has 2 aliphatic heterocycles. The number of benzene rings is 6. The van der Waals surface area contributed by atoms with Gasteiger partial charge in [-0.25, -0.2) is 30.7 Å². The third-order valence-corrected chi connectivity index (χ3v) is 25.0. The molecule has 6 aromatic carbocycles. The molecule has 2 spiro atoms. The van der Waals surface area contributed by atoms with Gasteiger partial charge in [0.1, 0.15) is 28.5 Å². The third kappa shape index (κ3) is 15.6. The second-order valence-corrected chi connectivity index (χ2v) is 29.6. The summed E-state index contributed by atoms with van der Waals surface area (Å²) < 4.78 is 111. The van der Waals surface area contributed by atoms with E-state index in [1.807, 2.05) is 56.6 Å². The minimum Gasteiger partial charge on any atom is -0.373 e. The highest BCUT2D eigenvalue weighted by Crippen LogP contribution is 2.55. The van der Waals surface area contributed by atoms with Crippen molar-refractivity contribution in [3.8, 4) is 0 Å². The summed E-state index contributed by atoms with van der Waals surface area (Å²) in [6.07, 6.45) is 24.7. The highest BCUT2D eigenvalue weighted by molar-refractivity contribution is 5.36. The number of halogens is 7. The molecule has 100 heavy (non-hydrogen) atoms. The zero-order valence-corrected chi connectivity index (χ0v) is 61.2. The molecule has 15 heteroatoms. The topological polar surface area (TPSA) is 90.6 Å². The van der Waals surface area contributed by atoms with E-state index in [4.69, 9.17) is 9.47 Å². The minimum atomic E-state index is -2.91. The van der Waals surface area contributed by atoms with E-state index in [0.717, 1.165) is 75.3 Å². The van der Waals surface area contributed by atoms with Crippen LogP contribution >= 0.6 is 0 Å². The van der Waals surface area contributed by atoms with Gasteiger partial charge in [-0.05, 0) is 166 Å². The molecule has 6 aliphatic carbocycles. The summed E-state index contributed by atoms with van der Waals surface area (Å²) >= 11 is 0. The molecule has 10 atom stereocenters. The summed E-state index contributed by atoms with van der Waals surface area (Å²) in [7, 11) is 9.08. The molecule has 8 fully saturated rings. The van der Waals surface area contributed by atoms with Gasteiger partial charge < -0.3 is 41.4 Å². The van der Waals surface area contributed by atoms with Gasteiger partial charge in [-0.1, -0.05) is 231 Å². The van der Waals surface area contributed by atoms with Crippen molar-refractivity contribution in [2.75, 3.05) is 55.0 Å². The van der Waals surface area contributed by atoms with Gasteiger partial charge in [0.25, 0.3) is 11.8 Å². The van der Waals surface area contributed by atoms with E-state index < -0.39 is 28.7 Å². The van der Waals surface area contributed by atoms with Gasteiger partial charge in [-0.15, -0.1) is 0 Å². The van der Waals surface area contributed by atoms with E-state index in [1.165, 1.54) is 120 Å². The summed E-state index contributed by atoms with van der Waals surface area (Å²) in [4.78, 5) is 0. The third-order valence-electron chi connectivity index (χ3n) is 25.0. The Morgan fingerprint density at radius 2 is 0.650 bits per heavy atom. The Hall–Kier alpha value is -5.49. The van der Waals surface area contributed by atoms with Gasteiger partial charge in [0.05, 0.1) is 35.5 Å². The van der Waals surface area contributed by atoms with Crippen molar-refractivity contribution in [1.82, 2.24) is 31.9 Å². The molecule has 6 N–H and O–H groups in total. The highest BCUT2D eigenvalue weighted by Gasteiger charge is 2.60. The number of rotatable bonds is 13. The Bertz CT molecular complexity index is 3430. The average molecular weight is 1390 g/mol. The lowest BCUT2D eigenvalue weighted by Gasteiger charge is -2.58. The molecule has 548 valence electrons. The van der Waals surface area contributed by atoms with E-state index >= 15 is 0 Å². The smallest absolute Gasteiger partial charge is 0.270 e. The number of hydrogen-bond acceptors (Lipinski definition) is 8. The van der Waals surface area contributed by atoms with Crippen LogP contribution in [0.1, 0.15) is 221 Å². The molecular formula is C85H117F7N6O2. The predicted molar refractivity (Wildman–Crippen MR) is 393 cm³/mol.